The lowest BCUT2D eigenvalue weighted by Gasteiger charge is -2.26. The lowest BCUT2D eigenvalue weighted by Crippen LogP contribution is -2.40. The summed E-state index contributed by atoms with van der Waals surface area (Å²) in [5, 5.41) is 6.48. The normalized spacial score (nSPS) is 14.9. The molecule has 0 unspecified atom stereocenters. The molecule has 0 atom stereocenters. The third-order valence-corrected chi connectivity index (χ3v) is 7.91. The van der Waals surface area contributed by atoms with Gasteiger partial charge in [-0.1, -0.05) is 29.8 Å². The number of morpholine rings is 1. The summed E-state index contributed by atoms with van der Waals surface area (Å²) in [4.78, 5) is 16.8. The predicted molar refractivity (Wildman–Crippen MR) is 134 cm³/mol. The van der Waals surface area contributed by atoms with E-state index in [0.717, 1.165) is 12.3 Å². The average Bonchev–Trinajstić information content (AvgIpc) is 3.31. The highest BCUT2D eigenvalue weighted by atomic mass is 35.5. The number of aromatic nitrogens is 3. The van der Waals surface area contributed by atoms with E-state index in [2.05, 4.69) is 15.4 Å². The molecule has 5 rings (SSSR count). The molecule has 1 N–H and O–H groups in total. The minimum absolute atomic E-state index is 0.0433. The van der Waals surface area contributed by atoms with Crippen LogP contribution in [0.4, 0.5) is 23.7 Å². The number of rotatable bonds is 5. The number of ether oxygens (including phenoxy) is 2. The molecular weight excluding hydrogens is 563 g/mol. The zero-order valence-electron chi connectivity index (χ0n) is 19.9. The molecule has 0 saturated carbocycles. The monoisotopic (exact) mass is 581 g/mol. The number of hydrogen-bond acceptors (Lipinski definition) is 7. The van der Waals surface area contributed by atoms with Gasteiger partial charge in [0.05, 0.1) is 30.0 Å². The first-order valence-electron chi connectivity index (χ1n) is 11.4. The van der Waals surface area contributed by atoms with E-state index in [-0.39, 0.29) is 54.0 Å². The van der Waals surface area contributed by atoms with E-state index in [1.807, 2.05) is 0 Å². The summed E-state index contributed by atoms with van der Waals surface area (Å²) in [5.41, 5.74) is -1.08. The Morgan fingerprint density at radius 1 is 1.08 bits per heavy atom. The molecule has 2 aromatic carbocycles. The Kier molecular flexibility index (Phi) is 7.20. The fourth-order valence-electron chi connectivity index (χ4n) is 3.90. The number of carbonyl (C=O) groups excluding carboxylic acids is 1. The van der Waals surface area contributed by atoms with Crippen molar-refractivity contribution in [2.24, 2.45) is 0 Å². The first-order valence-corrected chi connectivity index (χ1v) is 13.2. The molecule has 0 aliphatic carbocycles. The molecule has 204 valence electrons. The third-order valence-electron chi connectivity index (χ3n) is 5.76. The quantitative estimate of drug-likeness (QED) is 0.363. The maximum Gasteiger partial charge on any atom is 0.433 e. The van der Waals surface area contributed by atoms with E-state index in [9.17, 15) is 26.4 Å². The average molecular weight is 582 g/mol. The maximum atomic E-state index is 13.8. The van der Waals surface area contributed by atoms with Gasteiger partial charge in [-0.3, -0.25) is 5.32 Å². The van der Waals surface area contributed by atoms with Crippen molar-refractivity contribution in [1.82, 2.24) is 18.9 Å². The van der Waals surface area contributed by atoms with Crippen molar-refractivity contribution in [1.29, 1.82) is 0 Å². The summed E-state index contributed by atoms with van der Waals surface area (Å²) >= 11 is 5.88. The van der Waals surface area contributed by atoms with Crippen LogP contribution in [0.1, 0.15) is 5.69 Å². The van der Waals surface area contributed by atoms with Gasteiger partial charge in [0.25, 0.3) is 0 Å². The largest absolute Gasteiger partial charge is 0.433 e. The van der Waals surface area contributed by atoms with Gasteiger partial charge in [0.15, 0.2) is 17.1 Å². The number of fused-ring (bicyclic) bond motifs is 1. The number of anilines is 1. The Bertz CT molecular complexity index is 1640. The number of carbonyl (C=O) groups is 1. The van der Waals surface area contributed by atoms with Gasteiger partial charge in [-0.2, -0.15) is 22.6 Å². The number of hydrogen-bond donors (Lipinski definition) is 1. The Balaban J connectivity index is 1.42. The first kappa shape index (κ1) is 26.9. The lowest BCUT2D eigenvalue weighted by molar-refractivity contribution is -0.142. The summed E-state index contributed by atoms with van der Waals surface area (Å²) in [6.45, 7) is 0.934. The van der Waals surface area contributed by atoms with Gasteiger partial charge in [-0.15, -0.1) is 0 Å². The second kappa shape index (κ2) is 10.4. The topological polar surface area (TPSA) is 115 Å². The standard InChI is InChI=1S/C24H19ClF3N5O5S/c25-16-6-4-15(5-7-16)19-13-21(24(26,27)28)33-22(31-19)20(14-29-33)38-23(34)30-17-2-1-3-18(12-17)39(35,36)32-8-10-37-11-9-32/h1-7,12-14H,8-11H2,(H,30,34). The Hall–Kier alpha value is -3.72. The van der Waals surface area contributed by atoms with Crippen molar-refractivity contribution in [2.45, 2.75) is 11.1 Å². The van der Waals surface area contributed by atoms with Crippen molar-refractivity contribution < 1.29 is 35.9 Å². The molecular formula is C24H19ClF3N5O5S. The minimum Gasteiger partial charge on any atom is -0.404 e. The third kappa shape index (κ3) is 5.68. The smallest absolute Gasteiger partial charge is 0.404 e. The molecule has 1 amide bonds. The molecule has 39 heavy (non-hydrogen) atoms. The fourth-order valence-corrected chi connectivity index (χ4v) is 5.48. The summed E-state index contributed by atoms with van der Waals surface area (Å²) < 4.78 is 79.5. The molecule has 4 aromatic rings. The van der Waals surface area contributed by atoms with Crippen LogP contribution in [0.5, 0.6) is 5.75 Å². The second-order valence-corrected chi connectivity index (χ2v) is 10.7. The molecule has 2 aromatic heterocycles. The molecule has 10 nitrogen and oxygen atoms in total. The van der Waals surface area contributed by atoms with E-state index >= 15 is 0 Å². The number of halogens is 4. The van der Waals surface area contributed by atoms with E-state index in [1.54, 1.807) is 0 Å². The van der Waals surface area contributed by atoms with Crippen LogP contribution < -0.4 is 10.1 Å². The predicted octanol–water partition coefficient (Wildman–Crippen LogP) is 4.70. The number of sulfonamides is 1. The molecule has 1 aliphatic heterocycles. The number of nitrogens with zero attached hydrogens (tertiary/aromatic N) is 4. The summed E-state index contributed by atoms with van der Waals surface area (Å²) in [6, 6.07) is 12.4. The Morgan fingerprint density at radius 3 is 2.49 bits per heavy atom. The van der Waals surface area contributed by atoms with Gasteiger partial charge in [0.1, 0.15) is 0 Å². The van der Waals surface area contributed by atoms with Crippen LogP contribution in [0.15, 0.2) is 65.7 Å². The molecule has 1 fully saturated rings. The van der Waals surface area contributed by atoms with Crippen LogP contribution in [-0.2, 0) is 20.9 Å². The van der Waals surface area contributed by atoms with Gasteiger partial charge < -0.3 is 9.47 Å². The van der Waals surface area contributed by atoms with Crippen molar-refractivity contribution in [3.8, 4) is 17.0 Å². The van der Waals surface area contributed by atoms with Crippen LogP contribution in [-0.4, -0.2) is 59.7 Å². The SMILES string of the molecule is O=C(Nc1cccc(S(=O)(=O)N2CCOCC2)c1)Oc1cnn2c(C(F)(F)F)cc(-c3ccc(Cl)cc3)nc12. The maximum absolute atomic E-state index is 13.8. The van der Waals surface area contributed by atoms with Gasteiger partial charge in [-0.25, -0.2) is 22.7 Å². The van der Waals surface area contributed by atoms with Crippen LogP contribution in [0.25, 0.3) is 16.9 Å². The molecule has 1 aliphatic rings. The van der Waals surface area contributed by atoms with E-state index in [0.29, 0.717) is 15.1 Å². The molecule has 1 saturated heterocycles. The van der Waals surface area contributed by atoms with Crippen molar-refractivity contribution in [3.63, 3.8) is 0 Å². The lowest BCUT2D eigenvalue weighted by atomic mass is 10.1. The molecule has 15 heteroatoms. The Labute approximate surface area is 225 Å². The van der Waals surface area contributed by atoms with E-state index < -0.39 is 28.0 Å². The van der Waals surface area contributed by atoms with Gasteiger partial charge >= 0.3 is 12.3 Å². The molecule has 0 spiro atoms. The Morgan fingerprint density at radius 2 is 1.79 bits per heavy atom. The second-order valence-electron chi connectivity index (χ2n) is 8.33. The zero-order valence-corrected chi connectivity index (χ0v) is 21.4. The number of alkyl halides is 3. The van der Waals surface area contributed by atoms with E-state index in [4.69, 9.17) is 21.1 Å². The van der Waals surface area contributed by atoms with Crippen molar-refractivity contribution in [2.75, 3.05) is 31.6 Å². The van der Waals surface area contributed by atoms with Gasteiger partial charge in [-0.05, 0) is 36.4 Å². The van der Waals surface area contributed by atoms with Gasteiger partial charge in [0.2, 0.25) is 10.0 Å². The number of amides is 1. The van der Waals surface area contributed by atoms with Crippen LogP contribution in [0.2, 0.25) is 5.02 Å². The molecule has 0 bridgehead atoms. The van der Waals surface area contributed by atoms with E-state index in [1.165, 1.54) is 52.8 Å². The van der Waals surface area contributed by atoms with Gasteiger partial charge in [0, 0.05) is 29.4 Å². The van der Waals surface area contributed by atoms with Crippen LogP contribution >= 0.6 is 11.6 Å². The molecule has 3 heterocycles. The summed E-state index contributed by atoms with van der Waals surface area (Å²) in [6.07, 6.45) is -4.94. The van der Waals surface area contributed by atoms with Crippen LogP contribution in [0.3, 0.4) is 0 Å². The highest BCUT2D eigenvalue weighted by molar-refractivity contribution is 7.89. The minimum atomic E-state index is -4.79. The summed E-state index contributed by atoms with van der Waals surface area (Å²) in [5.74, 6) is -0.342. The highest BCUT2D eigenvalue weighted by Crippen LogP contribution is 2.34. The van der Waals surface area contributed by atoms with Crippen molar-refractivity contribution in [3.05, 3.63) is 71.5 Å². The summed E-state index contributed by atoms with van der Waals surface area (Å²) in [7, 11) is -3.83. The molecule has 0 radical (unpaired) electrons. The van der Waals surface area contributed by atoms with Crippen molar-refractivity contribution >= 4 is 39.1 Å². The zero-order chi connectivity index (χ0) is 27.8. The number of nitrogens with one attached hydrogen (secondary N) is 1. The number of benzene rings is 2. The first-order chi connectivity index (χ1) is 18.5. The highest BCUT2D eigenvalue weighted by Gasteiger charge is 2.36. The van der Waals surface area contributed by atoms with Crippen LogP contribution in [0, 0.1) is 0 Å². The fraction of sp³-hybridized carbons (Fsp3) is 0.208.